The van der Waals surface area contributed by atoms with Crippen LogP contribution in [0.25, 0.3) is 154 Å². The fourth-order valence-electron chi connectivity index (χ4n) is 11.4. The van der Waals surface area contributed by atoms with E-state index in [0.717, 1.165) is 110 Å². The van der Waals surface area contributed by atoms with Crippen molar-refractivity contribution >= 4 is 120 Å². The minimum absolute atomic E-state index is 0.510. The third kappa shape index (κ3) is 5.25. The molecule has 0 aliphatic carbocycles. The molecular weight excluding hydrogens is 859 g/mol. The highest BCUT2D eigenvalue weighted by Gasteiger charge is 2.25. The van der Waals surface area contributed by atoms with Gasteiger partial charge in [-0.25, -0.2) is 4.98 Å². The maximum atomic E-state index is 6.90. The molecule has 0 saturated carbocycles. The van der Waals surface area contributed by atoms with Crippen molar-refractivity contribution in [2.75, 3.05) is 0 Å². The molecule has 11 aromatic carbocycles. The van der Waals surface area contributed by atoms with Gasteiger partial charge in [-0.15, -0.1) is 0 Å². The normalized spacial score (nSPS) is 12.3. The molecule has 0 radical (unpaired) electrons. The topological polar surface area (TPSA) is 74.8 Å². The Morgan fingerprint density at radius 3 is 1.66 bits per heavy atom. The summed E-state index contributed by atoms with van der Waals surface area (Å²) in [5.41, 5.74) is 9.94. The van der Waals surface area contributed by atoms with Crippen molar-refractivity contribution in [1.29, 1.82) is 0 Å². The predicted octanol–water partition coefficient (Wildman–Crippen LogP) is 16.7. The molecular formula is C63H35N5O2. The first-order valence-electron chi connectivity index (χ1n) is 23.6. The van der Waals surface area contributed by atoms with Gasteiger partial charge < -0.3 is 13.4 Å². The van der Waals surface area contributed by atoms with Crippen molar-refractivity contribution in [2.24, 2.45) is 0 Å². The molecule has 7 heteroatoms. The summed E-state index contributed by atoms with van der Waals surface area (Å²) in [6.45, 7) is 0. The first kappa shape index (κ1) is 37.5. The maximum Gasteiger partial charge on any atom is 0.238 e. The Kier molecular flexibility index (Phi) is 7.49. The summed E-state index contributed by atoms with van der Waals surface area (Å²) in [7, 11) is 0. The fraction of sp³-hybridized carbons (Fsp3) is 0. The molecule has 0 aliphatic rings. The van der Waals surface area contributed by atoms with Gasteiger partial charge in [-0.05, 0) is 105 Å². The van der Waals surface area contributed by atoms with Crippen LogP contribution >= 0.6 is 0 Å². The summed E-state index contributed by atoms with van der Waals surface area (Å²) in [5, 5.41) is 15.7. The summed E-state index contributed by atoms with van der Waals surface area (Å²) in [6, 6.07) is 75.1. The predicted molar refractivity (Wildman–Crippen MR) is 286 cm³/mol. The standard InChI is InChI=1S/C63H35N5O2/c1-2-16-39-33-53-47(31-38(39)15-1)59-41-17-5-3-13-36(41)25-28-52(59)67(53)54-34-49-58(70-57-30-26-37-14-4-6-18-42(37)60(49)57)35-48(54)62-64-61(40-27-29-56-46(32-40)45-21-9-12-24-55(45)69-56)65-63(66-62)68-50-22-10-7-19-43(50)44-20-8-11-23-51(44)68/h1-35H. The molecule has 0 fully saturated rings. The third-order valence-electron chi connectivity index (χ3n) is 14.5. The number of para-hydroxylation sites is 3. The summed E-state index contributed by atoms with van der Waals surface area (Å²) in [4.78, 5) is 16.5. The second-order valence-electron chi connectivity index (χ2n) is 18.3. The second-order valence-corrected chi connectivity index (χ2v) is 18.3. The highest BCUT2D eigenvalue weighted by molar-refractivity contribution is 6.24. The van der Waals surface area contributed by atoms with Crippen molar-refractivity contribution in [3.63, 3.8) is 0 Å². The average molecular weight is 894 g/mol. The molecule has 0 aliphatic heterocycles. The Bertz CT molecular complexity index is 4860. The summed E-state index contributed by atoms with van der Waals surface area (Å²) >= 11 is 0. The molecule has 16 rings (SSSR count). The molecule has 16 aromatic rings. The second kappa shape index (κ2) is 14.0. The van der Waals surface area contributed by atoms with Crippen molar-refractivity contribution in [3.8, 4) is 34.4 Å². The number of furan rings is 2. The van der Waals surface area contributed by atoms with Crippen LogP contribution in [0, 0.1) is 0 Å². The van der Waals surface area contributed by atoms with E-state index >= 15 is 0 Å². The number of hydrogen-bond donors (Lipinski definition) is 0. The zero-order valence-electron chi connectivity index (χ0n) is 37.3. The SMILES string of the molecule is c1ccc2cc3c(cc2c1)c1c2ccccc2ccc1n3-c1cc2c(cc1-c1nc(-c3ccc4oc5ccccc5c4c3)nc(-n3c4ccccc4c4ccccc43)n1)oc1ccc3ccccc3c12. The first-order valence-corrected chi connectivity index (χ1v) is 23.6. The lowest BCUT2D eigenvalue weighted by molar-refractivity contribution is 0.668. The van der Waals surface area contributed by atoms with Gasteiger partial charge in [0, 0.05) is 54.2 Å². The third-order valence-corrected chi connectivity index (χ3v) is 14.5. The van der Waals surface area contributed by atoms with E-state index in [1.54, 1.807) is 0 Å². The molecule has 70 heavy (non-hydrogen) atoms. The van der Waals surface area contributed by atoms with Crippen molar-refractivity contribution in [3.05, 3.63) is 212 Å². The molecule has 0 amide bonds. The van der Waals surface area contributed by atoms with Gasteiger partial charge in [0.05, 0.1) is 27.8 Å². The van der Waals surface area contributed by atoms with Gasteiger partial charge in [0.2, 0.25) is 5.95 Å². The van der Waals surface area contributed by atoms with Crippen LogP contribution in [0.15, 0.2) is 221 Å². The van der Waals surface area contributed by atoms with Crippen molar-refractivity contribution in [1.82, 2.24) is 24.1 Å². The molecule has 0 saturated heterocycles. The van der Waals surface area contributed by atoms with Gasteiger partial charge in [-0.1, -0.05) is 140 Å². The number of rotatable bonds is 4. The molecule has 0 unspecified atom stereocenters. The fourth-order valence-corrected chi connectivity index (χ4v) is 11.4. The molecule has 0 bridgehead atoms. The zero-order valence-corrected chi connectivity index (χ0v) is 37.3. The summed E-state index contributed by atoms with van der Waals surface area (Å²) in [5.74, 6) is 1.56. The average Bonchev–Trinajstić information content (AvgIpc) is 4.17. The van der Waals surface area contributed by atoms with Crippen molar-refractivity contribution < 1.29 is 8.83 Å². The van der Waals surface area contributed by atoms with Gasteiger partial charge in [0.1, 0.15) is 22.3 Å². The minimum Gasteiger partial charge on any atom is -0.456 e. The van der Waals surface area contributed by atoms with Gasteiger partial charge in [0.15, 0.2) is 11.6 Å². The van der Waals surface area contributed by atoms with Crippen LogP contribution in [0.1, 0.15) is 0 Å². The quantitative estimate of drug-likeness (QED) is 0.176. The molecule has 5 aromatic heterocycles. The zero-order chi connectivity index (χ0) is 45.6. The molecule has 0 spiro atoms. The summed E-state index contributed by atoms with van der Waals surface area (Å²) < 4.78 is 17.8. The van der Waals surface area contributed by atoms with Crippen LogP contribution in [-0.2, 0) is 0 Å². The maximum absolute atomic E-state index is 6.90. The molecule has 0 atom stereocenters. The number of fused-ring (bicyclic) bond motifs is 17. The van der Waals surface area contributed by atoms with Crippen LogP contribution < -0.4 is 0 Å². The highest BCUT2D eigenvalue weighted by Crippen LogP contribution is 2.45. The van der Waals surface area contributed by atoms with E-state index in [0.29, 0.717) is 17.6 Å². The van der Waals surface area contributed by atoms with E-state index in [-0.39, 0.29) is 0 Å². The molecule has 324 valence electrons. The Hall–Kier alpha value is -9.59. The van der Waals surface area contributed by atoms with Crippen LogP contribution in [0.3, 0.4) is 0 Å². The monoisotopic (exact) mass is 893 g/mol. The van der Waals surface area contributed by atoms with Crippen LogP contribution in [0.4, 0.5) is 0 Å². The van der Waals surface area contributed by atoms with Crippen LogP contribution in [0.2, 0.25) is 0 Å². The van der Waals surface area contributed by atoms with Gasteiger partial charge in [-0.2, -0.15) is 9.97 Å². The van der Waals surface area contributed by atoms with E-state index < -0.39 is 0 Å². The lowest BCUT2D eigenvalue weighted by Crippen LogP contribution is -2.08. The molecule has 5 heterocycles. The van der Waals surface area contributed by atoms with E-state index in [2.05, 4.69) is 197 Å². The van der Waals surface area contributed by atoms with Gasteiger partial charge in [0.25, 0.3) is 0 Å². The highest BCUT2D eigenvalue weighted by atomic mass is 16.3. The summed E-state index contributed by atoms with van der Waals surface area (Å²) in [6.07, 6.45) is 0. The molecule has 7 nitrogen and oxygen atoms in total. The Morgan fingerprint density at radius 1 is 0.300 bits per heavy atom. The molecule has 0 N–H and O–H groups in total. The van der Waals surface area contributed by atoms with Crippen LogP contribution in [0.5, 0.6) is 0 Å². The van der Waals surface area contributed by atoms with E-state index in [4.69, 9.17) is 23.8 Å². The van der Waals surface area contributed by atoms with Gasteiger partial charge >= 0.3 is 0 Å². The lowest BCUT2D eigenvalue weighted by Gasteiger charge is -2.16. The largest absolute Gasteiger partial charge is 0.456 e. The van der Waals surface area contributed by atoms with Crippen LogP contribution in [-0.4, -0.2) is 24.1 Å². The minimum atomic E-state index is 0.510. The number of nitrogens with zero attached hydrogens (tertiary/aromatic N) is 5. The Labute approximate surface area is 397 Å². The first-order chi connectivity index (χ1) is 34.7. The Morgan fingerprint density at radius 2 is 0.886 bits per heavy atom. The Balaban J connectivity index is 1.07. The smallest absolute Gasteiger partial charge is 0.238 e. The van der Waals surface area contributed by atoms with E-state index in [1.807, 2.05) is 24.3 Å². The van der Waals surface area contributed by atoms with E-state index in [9.17, 15) is 0 Å². The number of benzene rings is 11. The van der Waals surface area contributed by atoms with E-state index in [1.165, 1.54) is 26.9 Å². The number of hydrogen-bond acceptors (Lipinski definition) is 5. The van der Waals surface area contributed by atoms with Crippen molar-refractivity contribution in [2.45, 2.75) is 0 Å². The van der Waals surface area contributed by atoms with Gasteiger partial charge in [-0.3, -0.25) is 4.57 Å². The number of aromatic nitrogens is 5. The lowest BCUT2D eigenvalue weighted by atomic mass is 10.0.